The van der Waals surface area contributed by atoms with Gasteiger partial charge in [0.25, 0.3) is 0 Å². The summed E-state index contributed by atoms with van der Waals surface area (Å²) in [6.45, 7) is 0. The molecule has 1 aliphatic rings. The summed E-state index contributed by atoms with van der Waals surface area (Å²) in [6, 6.07) is 4.49. The summed E-state index contributed by atoms with van der Waals surface area (Å²) in [5, 5.41) is 9.89. The molecule has 2 aromatic rings. The van der Waals surface area contributed by atoms with E-state index in [4.69, 9.17) is 0 Å². The predicted molar refractivity (Wildman–Crippen MR) is 69.8 cm³/mol. The highest BCUT2D eigenvalue weighted by molar-refractivity contribution is 5.71. The minimum absolute atomic E-state index is 0.191. The van der Waals surface area contributed by atoms with Crippen LogP contribution in [0.15, 0.2) is 24.3 Å². The van der Waals surface area contributed by atoms with Crippen molar-refractivity contribution in [3.63, 3.8) is 0 Å². The molecule has 1 saturated carbocycles. The first kappa shape index (κ1) is 13.9. The van der Waals surface area contributed by atoms with Crippen molar-refractivity contribution < 1.29 is 22.7 Å². The lowest BCUT2D eigenvalue weighted by Gasteiger charge is -2.11. The summed E-state index contributed by atoms with van der Waals surface area (Å²) >= 11 is 0. The molecule has 0 aliphatic heterocycles. The second-order valence-electron chi connectivity index (χ2n) is 5.31. The quantitative estimate of drug-likeness (QED) is 0.650. The highest BCUT2D eigenvalue weighted by Gasteiger charge is 2.25. The summed E-state index contributed by atoms with van der Waals surface area (Å²) in [4.78, 5) is 0. The molecular weight excluding hydrogens is 284 g/mol. The van der Waals surface area contributed by atoms with Gasteiger partial charge in [-0.1, -0.05) is 12.1 Å². The monoisotopic (exact) mass is 296 g/mol. The summed E-state index contributed by atoms with van der Waals surface area (Å²) in [7, 11) is 0. The maximum atomic E-state index is 14.1. The van der Waals surface area contributed by atoms with E-state index >= 15 is 0 Å². The predicted octanol–water partition coefficient (Wildman–Crippen LogP) is 4.57. The number of phenols is 1. The van der Waals surface area contributed by atoms with Crippen LogP contribution in [0, 0.1) is 29.2 Å². The van der Waals surface area contributed by atoms with E-state index in [1.54, 1.807) is 0 Å². The summed E-state index contributed by atoms with van der Waals surface area (Å²) < 4.78 is 54.0. The standard InChI is InChI=1S/C16H12F4O/c17-12-6-5-10(14(19)15(12)20)11-4-3-9(7-8-1-2-8)13(18)16(11)21/h3-6,8,21H,1-2,7H2. The first-order valence-electron chi connectivity index (χ1n) is 6.63. The van der Waals surface area contributed by atoms with Crippen molar-refractivity contribution in [3.05, 3.63) is 53.1 Å². The lowest BCUT2D eigenvalue weighted by Crippen LogP contribution is -1.98. The van der Waals surface area contributed by atoms with Crippen LogP contribution < -0.4 is 0 Å². The van der Waals surface area contributed by atoms with Gasteiger partial charge in [0.1, 0.15) is 0 Å². The fourth-order valence-electron chi connectivity index (χ4n) is 2.35. The van der Waals surface area contributed by atoms with Crippen molar-refractivity contribution >= 4 is 0 Å². The van der Waals surface area contributed by atoms with E-state index in [9.17, 15) is 22.7 Å². The molecule has 1 N–H and O–H groups in total. The SMILES string of the molecule is Oc1c(-c2ccc(F)c(F)c2F)ccc(CC2CC2)c1F. The van der Waals surface area contributed by atoms with Gasteiger partial charge in [0.15, 0.2) is 29.0 Å². The molecule has 3 rings (SSSR count). The fourth-order valence-corrected chi connectivity index (χ4v) is 2.35. The Kier molecular flexibility index (Phi) is 3.35. The molecule has 0 heterocycles. The van der Waals surface area contributed by atoms with Crippen LogP contribution in [0.4, 0.5) is 17.6 Å². The summed E-state index contributed by atoms with van der Waals surface area (Å²) in [5.41, 5.74) is -0.214. The molecule has 0 amide bonds. The van der Waals surface area contributed by atoms with Crippen LogP contribution in [0.5, 0.6) is 5.75 Å². The highest BCUT2D eigenvalue weighted by Crippen LogP contribution is 2.39. The van der Waals surface area contributed by atoms with E-state index in [-0.39, 0.29) is 11.1 Å². The van der Waals surface area contributed by atoms with Crippen LogP contribution in [0.25, 0.3) is 11.1 Å². The average Bonchev–Trinajstić information content (AvgIpc) is 3.27. The van der Waals surface area contributed by atoms with E-state index in [1.165, 1.54) is 12.1 Å². The van der Waals surface area contributed by atoms with Crippen LogP contribution in [-0.4, -0.2) is 5.11 Å². The molecule has 5 heteroatoms. The molecule has 0 atom stereocenters. The molecule has 21 heavy (non-hydrogen) atoms. The van der Waals surface area contributed by atoms with Crippen molar-refractivity contribution in [1.29, 1.82) is 0 Å². The molecule has 1 aliphatic carbocycles. The van der Waals surface area contributed by atoms with Gasteiger partial charge in [0.2, 0.25) is 0 Å². The van der Waals surface area contributed by atoms with Gasteiger partial charge < -0.3 is 5.11 Å². The molecule has 0 spiro atoms. The van der Waals surface area contributed by atoms with E-state index in [0.29, 0.717) is 17.9 Å². The van der Waals surface area contributed by atoms with Crippen molar-refractivity contribution in [2.24, 2.45) is 5.92 Å². The van der Waals surface area contributed by atoms with Gasteiger partial charge in [0, 0.05) is 11.1 Å². The average molecular weight is 296 g/mol. The largest absolute Gasteiger partial charge is 0.504 e. The van der Waals surface area contributed by atoms with Crippen molar-refractivity contribution in [2.75, 3.05) is 0 Å². The third-order valence-corrected chi connectivity index (χ3v) is 3.73. The van der Waals surface area contributed by atoms with Gasteiger partial charge in [-0.15, -0.1) is 0 Å². The number of phenolic OH excluding ortho intramolecular Hbond substituents is 1. The number of rotatable bonds is 3. The Bertz CT molecular complexity index is 708. The number of aromatic hydroxyl groups is 1. The molecular formula is C16H12F4O. The van der Waals surface area contributed by atoms with Gasteiger partial charge in [-0.25, -0.2) is 17.6 Å². The first-order chi connectivity index (χ1) is 9.99. The minimum atomic E-state index is -1.64. The Balaban J connectivity index is 2.06. The Morgan fingerprint density at radius 2 is 1.52 bits per heavy atom. The van der Waals surface area contributed by atoms with Gasteiger partial charge in [-0.3, -0.25) is 0 Å². The Morgan fingerprint density at radius 3 is 2.19 bits per heavy atom. The number of halogens is 4. The third kappa shape index (κ3) is 2.48. The van der Waals surface area contributed by atoms with Crippen LogP contribution in [-0.2, 0) is 6.42 Å². The molecule has 0 aromatic heterocycles. The maximum absolute atomic E-state index is 14.1. The normalized spacial score (nSPS) is 14.5. The molecule has 0 radical (unpaired) electrons. The van der Waals surface area contributed by atoms with Gasteiger partial charge in [-0.2, -0.15) is 0 Å². The lowest BCUT2D eigenvalue weighted by molar-refractivity contribution is 0.427. The first-order valence-corrected chi connectivity index (χ1v) is 6.63. The molecule has 0 saturated heterocycles. The van der Waals surface area contributed by atoms with E-state index in [0.717, 1.165) is 25.0 Å². The smallest absolute Gasteiger partial charge is 0.195 e. The van der Waals surface area contributed by atoms with Crippen molar-refractivity contribution in [3.8, 4) is 16.9 Å². The lowest BCUT2D eigenvalue weighted by atomic mass is 9.99. The van der Waals surface area contributed by atoms with Gasteiger partial charge in [-0.05, 0) is 42.9 Å². The molecule has 0 bridgehead atoms. The van der Waals surface area contributed by atoms with Crippen LogP contribution in [0.2, 0.25) is 0 Å². The minimum Gasteiger partial charge on any atom is -0.504 e. The third-order valence-electron chi connectivity index (χ3n) is 3.73. The van der Waals surface area contributed by atoms with Gasteiger partial charge >= 0.3 is 0 Å². The zero-order valence-corrected chi connectivity index (χ0v) is 11.0. The van der Waals surface area contributed by atoms with E-state index in [2.05, 4.69) is 0 Å². The highest BCUT2D eigenvalue weighted by atomic mass is 19.2. The zero-order chi connectivity index (χ0) is 15.1. The van der Waals surface area contributed by atoms with E-state index in [1.807, 2.05) is 0 Å². The number of benzene rings is 2. The molecule has 2 aromatic carbocycles. The number of hydrogen-bond donors (Lipinski definition) is 1. The maximum Gasteiger partial charge on any atom is 0.195 e. The fraction of sp³-hybridized carbons (Fsp3) is 0.250. The second-order valence-corrected chi connectivity index (χ2v) is 5.31. The molecule has 0 unspecified atom stereocenters. The topological polar surface area (TPSA) is 20.2 Å². The van der Waals surface area contributed by atoms with Crippen molar-refractivity contribution in [2.45, 2.75) is 19.3 Å². The van der Waals surface area contributed by atoms with Crippen molar-refractivity contribution in [1.82, 2.24) is 0 Å². The molecule has 1 nitrogen and oxygen atoms in total. The Labute approximate surface area is 118 Å². The Hall–Kier alpha value is -2.04. The van der Waals surface area contributed by atoms with Crippen LogP contribution in [0.3, 0.4) is 0 Å². The second kappa shape index (κ2) is 5.06. The number of hydrogen-bond acceptors (Lipinski definition) is 1. The molecule has 1 fully saturated rings. The summed E-state index contributed by atoms with van der Waals surface area (Å²) in [5.74, 6) is -5.57. The van der Waals surface area contributed by atoms with Gasteiger partial charge in [0.05, 0.1) is 0 Å². The van der Waals surface area contributed by atoms with Crippen LogP contribution >= 0.6 is 0 Å². The molecule has 110 valence electrons. The van der Waals surface area contributed by atoms with E-state index < -0.39 is 29.0 Å². The van der Waals surface area contributed by atoms with Crippen LogP contribution in [0.1, 0.15) is 18.4 Å². The zero-order valence-electron chi connectivity index (χ0n) is 11.0. The summed E-state index contributed by atoms with van der Waals surface area (Å²) in [6.07, 6.45) is 2.57. The Morgan fingerprint density at radius 1 is 0.857 bits per heavy atom.